The van der Waals surface area contributed by atoms with Gasteiger partial charge >= 0.3 is 0 Å². The lowest BCUT2D eigenvalue weighted by Crippen LogP contribution is -2.22. The van der Waals surface area contributed by atoms with Gasteiger partial charge in [0.15, 0.2) is 5.01 Å². The number of nitrogens with one attached hydrogen (secondary N) is 2. The molecule has 5 heteroatoms. The van der Waals surface area contributed by atoms with Crippen molar-refractivity contribution in [3.63, 3.8) is 0 Å². The Bertz CT molecular complexity index is 715. The summed E-state index contributed by atoms with van der Waals surface area (Å²) < 4.78 is 0. The van der Waals surface area contributed by atoms with Crippen LogP contribution in [0.1, 0.15) is 21.1 Å². The Morgan fingerprint density at radius 1 is 1.42 bits per heavy atom. The summed E-state index contributed by atoms with van der Waals surface area (Å²) in [6, 6.07) is 8.23. The van der Waals surface area contributed by atoms with Crippen molar-refractivity contribution in [3.8, 4) is 0 Å². The van der Waals surface area contributed by atoms with Crippen molar-refractivity contribution in [1.82, 2.24) is 15.3 Å². The van der Waals surface area contributed by atoms with Crippen molar-refractivity contribution in [2.24, 2.45) is 0 Å². The van der Waals surface area contributed by atoms with Crippen LogP contribution in [0.5, 0.6) is 0 Å². The summed E-state index contributed by atoms with van der Waals surface area (Å²) in [6.07, 6.45) is 1.63. The zero-order valence-electron chi connectivity index (χ0n) is 10.4. The predicted molar refractivity (Wildman–Crippen MR) is 76.3 cm³/mol. The Kier molecular flexibility index (Phi) is 3.05. The second-order valence-corrected chi connectivity index (χ2v) is 5.29. The molecule has 0 aliphatic carbocycles. The number of fused-ring (bicyclic) bond motifs is 1. The van der Waals surface area contributed by atoms with E-state index in [-0.39, 0.29) is 5.91 Å². The molecule has 0 aliphatic rings. The molecule has 3 aromatic rings. The molecular weight excluding hydrogens is 258 g/mol. The maximum atomic E-state index is 11.8. The van der Waals surface area contributed by atoms with Gasteiger partial charge in [-0.15, -0.1) is 11.3 Å². The van der Waals surface area contributed by atoms with Gasteiger partial charge in [-0.05, 0) is 36.1 Å². The molecular formula is C14H13N3OS. The van der Waals surface area contributed by atoms with Crippen LogP contribution in [-0.4, -0.2) is 15.9 Å². The summed E-state index contributed by atoms with van der Waals surface area (Å²) in [4.78, 5) is 19.0. The molecule has 0 spiro atoms. The zero-order chi connectivity index (χ0) is 13.2. The Morgan fingerprint density at radius 3 is 3.11 bits per heavy atom. The molecule has 3 rings (SSSR count). The van der Waals surface area contributed by atoms with E-state index in [4.69, 9.17) is 0 Å². The lowest BCUT2D eigenvalue weighted by atomic mass is 10.1. The summed E-state index contributed by atoms with van der Waals surface area (Å²) in [6.45, 7) is 2.54. The first kappa shape index (κ1) is 11.9. The monoisotopic (exact) mass is 271 g/mol. The van der Waals surface area contributed by atoms with Crippen molar-refractivity contribution < 1.29 is 4.79 Å². The fraction of sp³-hybridized carbons (Fsp3) is 0.143. The number of aromatic amines is 1. The van der Waals surface area contributed by atoms with Crippen LogP contribution in [0, 0.1) is 6.92 Å². The minimum absolute atomic E-state index is 0.125. The molecule has 0 fully saturated rings. The number of hydrogen-bond donors (Lipinski definition) is 2. The molecule has 0 atom stereocenters. The van der Waals surface area contributed by atoms with E-state index in [2.05, 4.69) is 27.4 Å². The van der Waals surface area contributed by atoms with Gasteiger partial charge in [0.1, 0.15) is 0 Å². The third-order valence-corrected chi connectivity index (χ3v) is 3.67. The fourth-order valence-corrected chi connectivity index (χ4v) is 2.58. The molecule has 96 valence electrons. The number of rotatable bonds is 3. The van der Waals surface area contributed by atoms with Crippen molar-refractivity contribution in [2.75, 3.05) is 0 Å². The molecule has 1 amide bonds. The van der Waals surface area contributed by atoms with E-state index in [1.807, 2.05) is 19.1 Å². The van der Waals surface area contributed by atoms with E-state index in [1.165, 1.54) is 16.7 Å². The largest absolute Gasteiger partial charge is 0.359 e. The second-order valence-electron chi connectivity index (χ2n) is 4.39. The highest BCUT2D eigenvalue weighted by molar-refractivity contribution is 7.11. The van der Waals surface area contributed by atoms with Gasteiger partial charge in [-0.1, -0.05) is 6.07 Å². The number of carbonyl (C=O) groups excluding carboxylic acids is 1. The standard InChI is InChI=1S/C14H13N3OS/c1-9-6-11-7-10(2-3-12(11)17-9)8-16-13(18)14-15-4-5-19-14/h2-7,17H,8H2,1H3,(H,16,18). The highest BCUT2D eigenvalue weighted by atomic mass is 32.1. The average Bonchev–Trinajstić information content (AvgIpc) is 3.03. The Hall–Kier alpha value is -2.14. The van der Waals surface area contributed by atoms with Crippen LogP contribution < -0.4 is 5.32 Å². The average molecular weight is 271 g/mol. The highest BCUT2D eigenvalue weighted by Crippen LogP contribution is 2.16. The number of hydrogen-bond acceptors (Lipinski definition) is 3. The molecule has 19 heavy (non-hydrogen) atoms. The molecule has 0 unspecified atom stereocenters. The maximum Gasteiger partial charge on any atom is 0.280 e. The molecule has 2 aromatic heterocycles. The third-order valence-electron chi connectivity index (χ3n) is 2.90. The van der Waals surface area contributed by atoms with Crippen LogP contribution in [0.15, 0.2) is 35.8 Å². The van der Waals surface area contributed by atoms with Gasteiger partial charge in [0.2, 0.25) is 0 Å². The van der Waals surface area contributed by atoms with Crippen molar-refractivity contribution >= 4 is 28.1 Å². The van der Waals surface area contributed by atoms with Crippen LogP contribution in [0.4, 0.5) is 0 Å². The third kappa shape index (κ3) is 2.51. The Labute approximate surface area is 114 Å². The van der Waals surface area contributed by atoms with E-state index in [0.717, 1.165) is 16.8 Å². The van der Waals surface area contributed by atoms with E-state index >= 15 is 0 Å². The smallest absolute Gasteiger partial charge is 0.280 e. The molecule has 0 saturated carbocycles. The topological polar surface area (TPSA) is 57.8 Å². The van der Waals surface area contributed by atoms with E-state index < -0.39 is 0 Å². The highest BCUT2D eigenvalue weighted by Gasteiger charge is 2.07. The Morgan fingerprint density at radius 2 is 2.32 bits per heavy atom. The first-order chi connectivity index (χ1) is 9.22. The fourth-order valence-electron chi connectivity index (χ4n) is 2.03. The molecule has 1 aromatic carbocycles. The summed E-state index contributed by atoms with van der Waals surface area (Å²) in [5.41, 5.74) is 3.34. The van der Waals surface area contributed by atoms with E-state index in [1.54, 1.807) is 11.6 Å². The first-order valence-corrected chi connectivity index (χ1v) is 6.86. The molecule has 4 nitrogen and oxygen atoms in total. The quantitative estimate of drug-likeness (QED) is 0.769. The molecule has 0 aliphatic heterocycles. The van der Waals surface area contributed by atoms with Gasteiger partial charge in [-0.2, -0.15) is 0 Å². The van der Waals surface area contributed by atoms with Crippen molar-refractivity contribution in [1.29, 1.82) is 0 Å². The molecule has 0 bridgehead atoms. The Balaban J connectivity index is 1.73. The van der Waals surface area contributed by atoms with Crippen LogP contribution >= 0.6 is 11.3 Å². The summed E-state index contributed by atoms with van der Waals surface area (Å²) >= 11 is 1.34. The number of aromatic nitrogens is 2. The summed E-state index contributed by atoms with van der Waals surface area (Å²) in [5, 5.41) is 6.33. The number of carbonyl (C=O) groups is 1. The summed E-state index contributed by atoms with van der Waals surface area (Å²) in [7, 11) is 0. The molecule has 0 saturated heterocycles. The number of aryl methyl sites for hydroxylation is 1. The van der Waals surface area contributed by atoms with Gasteiger partial charge < -0.3 is 10.3 Å². The maximum absolute atomic E-state index is 11.8. The number of nitrogens with zero attached hydrogens (tertiary/aromatic N) is 1. The number of thiazole rings is 1. The van der Waals surface area contributed by atoms with Crippen molar-refractivity contribution in [3.05, 3.63) is 52.1 Å². The predicted octanol–water partition coefficient (Wildman–Crippen LogP) is 2.86. The minimum atomic E-state index is -0.125. The van der Waals surface area contributed by atoms with E-state index in [0.29, 0.717) is 11.6 Å². The molecule has 2 N–H and O–H groups in total. The van der Waals surface area contributed by atoms with Crippen LogP contribution in [0.3, 0.4) is 0 Å². The summed E-state index contributed by atoms with van der Waals surface area (Å²) in [5.74, 6) is -0.125. The van der Waals surface area contributed by atoms with Gasteiger partial charge in [0, 0.05) is 29.3 Å². The van der Waals surface area contributed by atoms with Gasteiger partial charge in [-0.3, -0.25) is 4.79 Å². The van der Waals surface area contributed by atoms with Gasteiger partial charge in [0.25, 0.3) is 5.91 Å². The van der Waals surface area contributed by atoms with Crippen LogP contribution in [0.25, 0.3) is 10.9 Å². The minimum Gasteiger partial charge on any atom is -0.359 e. The SMILES string of the molecule is Cc1cc2cc(CNC(=O)c3nccs3)ccc2[nH]1. The molecule has 0 radical (unpaired) electrons. The number of benzene rings is 1. The van der Waals surface area contributed by atoms with E-state index in [9.17, 15) is 4.79 Å². The van der Waals surface area contributed by atoms with Crippen LogP contribution in [-0.2, 0) is 6.54 Å². The number of amides is 1. The van der Waals surface area contributed by atoms with Gasteiger partial charge in [0.05, 0.1) is 0 Å². The first-order valence-electron chi connectivity index (χ1n) is 5.98. The molecule has 2 heterocycles. The lowest BCUT2D eigenvalue weighted by molar-refractivity contribution is 0.0950. The van der Waals surface area contributed by atoms with Crippen molar-refractivity contribution in [2.45, 2.75) is 13.5 Å². The second kappa shape index (κ2) is 4.85. The lowest BCUT2D eigenvalue weighted by Gasteiger charge is -2.03. The normalized spacial score (nSPS) is 10.8. The van der Waals surface area contributed by atoms with Crippen LogP contribution in [0.2, 0.25) is 0 Å². The zero-order valence-corrected chi connectivity index (χ0v) is 11.3. The number of H-pyrrole nitrogens is 1. The van der Waals surface area contributed by atoms with Gasteiger partial charge in [-0.25, -0.2) is 4.98 Å².